The molecule has 0 saturated heterocycles. The lowest BCUT2D eigenvalue weighted by molar-refractivity contribution is 0.633. The molecule has 0 saturated carbocycles. The van der Waals surface area contributed by atoms with E-state index in [2.05, 4.69) is 57.7 Å². The SMILES string of the molecule is NCCCNc1nc2c(Br)c(Br)c(Br)c3c2n1CCC3. The standard InChI is InChI=1S/C13H15Br3N4/c14-8-7-3-1-6-20-12(7)11(10(16)9(8)15)19-13(20)18-5-2-4-17/h1-6,17H2,(H,18,19). The summed E-state index contributed by atoms with van der Waals surface area (Å²) in [7, 11) is 0. The van der Waals surface area contributed by atoms with Crippen molar-refractivity contribution in [2.24, 2.45) is 5.73 Å². The Morgan fingerprint density at radius 2 is 2.00 bits per heavy atom. The van der Waals surface area contributed by atoms with Crippen LogP contribution in [0, 0.1) is 0 Å². The Morgan fingerprint density at radius 3 is 2.75 bits per heavy atom. The van der Waals surface area contributed by atoms with Crippen molar-refractivity contribution in [2.75, 3.05) is 18.4 Å². The van der Waals surface area contributed by atoms with Crippen LogP contribution in [0.25, 0.3) is 11.0 Å². The Bertz CT molecular complexity index is 666. The molecule has 20 heavy (non-hydrogen) atoms. The highest BCUT2D eigenvalue weighted by Gasteiger charge is 2.24. The van der Waals surface area contributed by atoms with Gasteiger partial charge >= 0.3 is 0 Å². The van der Waals surface area contributed by atoms with Crippen molar-refractivity contribution in [1.82, 2.24) is 9.55 Å². The molecule has 1 aromatic carbocycles. The van der Waals surface area contributed by atoms with Crippen LogP contribution in [0.4, 0.5) is 5.95 Å². The second kappa shape index (κ2) is 5.94. The van der Waals surface area contributed by atoms with Gasteiger partial charge in [-0.05, 0) is 79.2 Å². The summed E-state index contributed by atoms with van der Waals surface area (Å²) in [5.41, 5.74) is 9.13. The van der Waals surface area contributed by atoms with Crippen molar-refractivity contribution >= 4 is 64.8 Å². The van der Waals surface area contributed by atoms with Crippen LogP contribution in [-0.2, 0) is 13.0 Å². The molecule has 0 amide bonds. The molecule has 0 aliphatic carbocycles. The number of rotatable bonds is 4. The summed E-state index contributed by atoms with van der Waals surface area (Å²) in [5, 5.41) is 3.40. The van der Waals surface area contributed by atoms with E-state index in [0.717, 1.165) is 57.2 Å². The molecular formula is C13H15Br3N4. The van der Waals surface area contributed by atoms with Crippen LogP contribution in [-0.4, -0.2) is 22.6 Å². The maximum Gasteiger partial charge on any atom is 0.203 e. The molecule has 1 aliphatic heterocycles. The van der Waals surface area contributed by atoms with Gasteiger partial charge in [-0.2, -0.15) is 0 Å². The molecule has 1 aliphatic rings. The topological polar surface area (TPSA) is 55.9 Å². The van der Waals surface area contributed by atoms with Gasteiger partial charge in [-0.3, -0.25) is 0 Å². The third-order valence-electron chi connectivity index (χ3n) is 3.58. The normalized spacial score (nSPS) is 14.0. The smallest absolute Gasteiger partial charge is 0.203 e. The van der Waals surface area contributed by atoms with Crippen molar-refractivity contribution in [3.05, 3.63) is 19.0 Å². The van der Waals surface area contributed by atoms with E-state index in [9.17, 15) is 0 Å². The van der Waals surface area contributed by atoms with E-state index in [1.807, 2.05) is 0 Å². The molecule has 0 spiro atoms. The number of hydrogen-bond donors (Lipinski definition) is 2. The molecular weight excluding hydrogens is 452 g/mol. The molecule has 3 rings (SSSR count). The number of nitrogens with zero attached hydrogens (tertiary/aromatic N) is 2. The van der Waals surface area contributed by atoms with Gasteiger partial charge in [0.2, 0.25) is 5.95 Å². The monoisotopic (exact) mass is 464 g/mol. The Kier molecular flexibility index (Phi) is 4.40. The molecule has 0 unspecified atom stereocenters. The van der Waals surface area contributed by atoms with Gasteiger partial charge in [0, 0.05) is 22.0 Å². The zero-order chi connectivity index (χ0) is 14.3. The Balaban J connectivity index is 2.16. The predicted molar refractivity (Wildman–Crippen MR) is 93.3 cm³/mol. The number of benzene rings is 1. The summed E-state index contributed by atoms with van der Waals surface area (Å²) < 4.78 is 5.46. The molecule has 0 fully saturated rings. The summed E-state index contributed by atoms with van der Waals surface area (Å²) in [6, 6.07) is 0. The third-order valence-corrected chi connectivity index (χ3v) is 7.09. The second-order valence-corrected chi connectivity index (χ2v) is 7.26. The van der Waals surface area contributed by atoms with Crippen LogP contribution >= 0.6 is 47.8 Å². The zero-order valence-electron chi connectivity index (χ0n) is 10.8. The van der Waals surface area contributed by atoms with Crippen molar-refractivity contribution in [1.29, 1.82) is 0 Å². The van der Waals surface area contributed by atoms with E-state index in [0.29, 0.717) is 6.54 Å². The highest BCUT2D eigenvalue weighted by atomic mass is 79.9. The fourth-order valence-corrected chi connectivity index (χ4v) is 4.40. The average Bonchev–Trinajstić information content (AvgIpc) is 2.83. The third kappa shape index (κ3) is 2.32. The molecule has 0 atom stereocenters. The molecule has 0 bridgehead atoms. The van der Waals surface area contributed by atoms with E-state index in [1.54, 1.807) is 0 Å². The first-order valence-corrected chi connectivity index (χ1v) is 9.02. The molecule has 108 valence electrons. The van der Waals surface area contributed by atoms with Crippen LogP contribution in [0.5, 0.6) is 0 Å². The highest BCUT2D eigenvalue weighted by molar-refractivity contribution is 9.14. The fourth-order valence-electron chi connectivity index (χ4n) is 2.65. The first kappa shape index (κ1) is 14.8. The van der Waals surface area contributed by atoms with Crippen LogP contribution in [0.3, 0.4) is 0 Å². The van der Waals surface area contributed by atoms with Crippen molar-refractivity contribution in [3.63, 3.8) is 0 Å². The van der Waals surface area contributed by atoms with Crippen LogP contribution in [0.1, 0.15) is 18.4 Å². The van der Waals surface area contributed by atoms with Gasteiger partial charge in [0.1, 0.15) is 5.52 Å². The molecule has 2 aromatic rings. The maximum absolute atomic E-state index is 5.55. The van der Waals surface area contributed by atoms with Crippen molar-refractivity contribution in [3.8, 4) is 0 Å². The summed E-state index contributed by atoms with van der Waals surface area (Å²) >= 11 is 11.0. The number of nitrogens with one attached hydrogen (secondary N) is 1. The van der Waals surface area contributed by atoms with Gasteiger partial charge < -0.3 is 15.6 Å². The molecule has 1 aromatic heterocycles. The number of aromatic nitrogens is 2. The first-order chi connectivity index (χ1) is 9.65. The van der Waals surface area contributed by atoms with Gasteiger partial charge in [-0.25, -0.2) is 4.98 Å². The van der Waals surface area contributed by atoms with Gasteiger partial charge in [0.15, 0.2) is 0 Å². The first-order valence-electron chi connectivity index (χ1n) is 6.64. The molecule has 7 heteroatoms. The molecule has 0 radical (unpaired) electrons. The lowest BCUT2D eigenvalue weighted by Crippen LogP contribution is -2.15. The minimum atomic E-state index is 0.694. The quantitative estimate of drug-likeness (QED) is 0.528. The average molecular weight is 467 g/mol. The highest BCUT2D eigenvalue weighted by Crippen LogP contribution is 2.43. The number of anilines is 1. The molecule has 3 N–H and O–H groups in total. The molecule has 4 nitrogen and oxygen atoms in total. The van der Waals surface area contributed by atoms with Gasteiger partial charge in [-0.15, -0.1) is 0 Å². The van der Waals surface area contributed by atoms with Crippen molar-refractivity contribution in [2.45, 2.75) is 25.8 Å². The number of nitrogens with two attached hydrogens (primary N) is 1. The largest absolute Gasteiger partial charge is 0.356 e. The Hall–Kier alpha value is -0.110. The summed E-state index contributed by atoms with van der Waals surface area (Å²) in [5.74, 6) is 0.945. The lowest BCUT2D eigenvalue weighted by Gasteiger charge is -2.19. The van der Waals surface area contributed by atoms with E-state index in [1.165, 1.54) is 11.1 Å². The lowest BCUT2D eigenvalue weighted by atomic mass is 10.0. The van der Waals surface area contributed by atoms with E-state index in [4.69, 9.17) is 10.7 Å². The van der Waals surface area contributed by atoms with Crippen LogP contribution in [0.2, 0.25) is 0 Å². The van der Waals surface area contributed by atoms with Crippen LogP contribution < -0.4 is 11.1 Å². The van der Waals surface area contributed by atoms with Gasteiger partial charge in [-0.1, -0.05) is 0 Å². The number of halogens is 3. The Morgan fingerprint density at radius 1 is 1.20 bits per heavy atom. The number of imidazole rings is 1. The minimum absolute atomic E-state index is 0.694. The minimum Gasteiger partial charge on any atom is -0.356 e. The van der Waals surface area contributed by atoms with Crippen molar-refractivity contribution < 1.29 is 0 Å². The summed E-state index contributed by atoms with van der Waals surface area (Å²) in [4.78, 5) is 4.77. The van der Waals surface area contributed by atoms with E-state index < -0.39 is 0 Å². The maximum atomic E-state index is 5.55. The Labute approximate surface area is 142 Å². The van der Waals surface area contributed by atoms with Gasteiger partial charge in [0.05, 0.1) is 9.99 Å². The molecule has 2 heterocycles. The number of hydrogen-bond acceptors (Lipinski definition) is 3. The summed E-state index contributed by atoms with van der Waals surface area (Å²) in [6.45, 7) is 2.56. The zero-order valence-corrected chi connectivity index (χ0v) is 15.6. The van der Waals surface area contributed by atoms with E-state index >= 15 is 0 Å². The predicted octanol–water partition coefficient (Wildman–Crippen LogP) is 4.03. The van der Waals surface area contributed by atoms with Crippen LogP contribution in [0.15, 0.2) is 13.4 Å². The fraction of sp³-hybridized carbons (Fsp3) is 0.462. The second-order valence-electron chi connectivity index (χ2n) is 4.88. The van der Waals surface area contributed by atoms with E-state index in [-0.39, 0.29) is 0 Å². The number of aryl methyl sites for hydroxylation is 2. The van der Waals surface area contributed by atoms with Gasteiger partial charge in [0.25, 0.3) is 0 Å². The summed E-state index contributed by atoms with van der Waals surface area (Å²) in [6.07, 6.45) is 3.16.